The highest BCUT2D eigenvalue weighted by Crippen LogP contribution is 2.36. The predicted molar refractivity (Wildman–Crippen MR) is 170 cm³/mol. The topological polar surface area (TPSA) is 77.6 Å². The molecule has 0 radical (unpaired) electrons. The van der Waals surface area contributed by atoms with E-state index < -0.39 is 0 Å². The Morgan fingerprint density at radius 3 is 1.67 bits per heavy atom. The molecule has 0 saturated carbocycles. The molecule has 0 spiro atoms. The van der Waals surface area contributed by atoms with Gasteiger partial charge >= 0.3 is 0 Å². The number of aromatic nitrogens is 5. The lowest BCUT2D eigenvalue weighted by atomic mass is 9.97. The first-order valence-electron chi connectivity index (χ1n) is 14.0. The summed E-state index contributed by atoms with van der Waals surface area (Å²) in [7, 11) is 0. The van der Waals surface area contributed by atoms with Gasteiger partial charge in [-0.3, -0.25) is 0 Å². The summed E-state index contributed by atoms with van der Waals surface area (Å²) in [6, 6.07) is 43.0. The van der Waals surface area contributed by atoms with Crippen LogP contribution < -0.4 is 0 Å². The van der Waals surface area contributed by atoms with Crippen molar-refractivity contribution in [2.45, 2.75) is 0 Å². The summed E-state index contributed by atoms with van der Waals surface area (Å²) in [6.07, 6.45) is 3.26. The lowest BCUT2D eigenvalue weighted by Gasteiger charge is -2.10. The third kappa shape index (κ3) is 4.61. The molecule has 0 fully saturated rings. The van der Waals surface area contributed by atoms with Crippen molar-refractivity contribution in [1.29, 1.82) is 0 Å². The second-order valence-electron chi connectivity index (χ2n) is 10.2. The van der Waals surface area contributed by atoms with Gasteiger partial charge in [-0.1, -0.05) is 109 Å². The monoisotopic (exact) mass is 553 g/mol. The van der Waals surface area contributed by atoms with Gasteiger partial charge in [0, 0.05) is 27.6 Å². The molecule has 0 unspecified atom stereocenters. The quantitative estimate of drug-likeness (QED) is 0.212. The van der Waals surface area contributed by atoms with Crippen LogP contribution in [0.5, 0.6) is 0 Å². The van der Waals surface area contributed by atoms with Crippen LogP contribution in [0.4, 0.5) is 0 Å². The highest BCUT2D eigenvalue weighted by atomic mass is 16.3. The minimum Gasteiger partial charge on any atom is -0.452 e. The average molecular weight is 554 g/mol. The Balaban J connectivity index is 1.22. The number of rotatable bonds is 5. The molecule has 202 valence electrons. The fourth-order valence-corrected chi connectivity index (χ4v) is 5.41. The molecule has 6 heteroatoms. The van der Waals surface area contributed by atoms with Crippen LogP contribution in [0.15, 0.2) is 144 Å². The number of hydrogen-bond donors (Lipinski definition) is 0. The van der Waals surface area contributed by atoms with Crippen molar-refractivity contribution in [2.75, 3.05) is 0 Å². The summed E-state index contributed by atoms with van der Waals surface area (Å²) in [4.78, 5) is 23.2. The van der Waals surface area contributed by atoms with E-state index in [4.69, 9.17) is 19.4 Å². The van der Waals surface area contributed by atoms with Crippen molar-refractivity contribution < 1.29 is 4.42 Å². The largest absolute Gasteiger partial charge is 0.452 e. The summed E-state index contributed by atoms with van der Waals surface area (Å²) in [5, 5.41) is 0.973. The molecule has 0 N–H and O–H groups in total. The smallest absolute Gasteiger partial charge is 0.172 e. The van der Waals surface area contributed by atoms with Gasteiger partial charge in [-0.25, -0.2) is 24.9 Å². The van der Waals surface area contributed by atoms with Gasteiger partial charge in [0.1, 0.15) is 17.4 Å². The maximum atomic E-state index is 6.21. The second kappa shape index (κ2) is 10.4. The van der Waals surface area contributed by atoms with Crippen LogP contribution in [0.2, 0.25) is 0 Å². The highest BCUT2D eigenvalue weighted by Gasteiger charge is 2.15. The van der Waals surface area contributed by atoms with Crippen LogP contribution >= 0.6 is 0 Å². The molecule has 8 rings (SSSR count). The number of para-hydroxylation sites is 1. The van der Waals surface area contributed by atoms with E-state index in [-0.39, 0.29) is 0 Å². The van der Waals surface area contributed by atoms with Crippen molar-refractivity contribution >= 4 is 22.1 Å². The fraction of sp³-hybridized carbons (Fsp3) is 0. The Kier molecular flexibility index (Phi) is 6.01. The van der Waals surface area contributed by atoms with Gasteiger partial charge < -0.3 is 4.42 Å². The van der Waals surface area contributed by atoms with E-state index in [1.807, 2.05) is 84.9 Å². The molecule has 3 heterocycles. The molecule has 0 bridgehead atoms. The Hall–Kier alpha value is -6.01. The Labute approximate surface area is 247 Å². The van der Waals surface area contributed by atoms with Gasteiger partial charge in [-0.15, -0.1) is 0 Å². The van der Waals surface area contributed by atoms with Crippen LogP contribution in [0.25, 0.3) is 78.5 Å². The van der Waals surface area contributed by atoms with E-state index in [0.29, 0.717) is 23.1 Å². The first-order valence-corrected chi connectivity index (χ1v) is 14.0. The van der Waals surface area contributed by atoms with Crippen LogP contribution in [-0.2, 0) is 0 Å². The number of nitrogens with zero attached hydrogens (tertiary/aromatic N) is 5. The molecular formula is C37H23N5O. The van der Waals surface area contributed by atoms with Gasteiger partial charge in [0.15, 0.2) is 23.1 Å². The second-order valence-corrected chi connectivity index (χ2v) is 10.2. The molecule has 0 aliphatic rings. The minimum atomic E-state index is 0.624. The van der Waals surface area contributed by atoms with E-state index in [1.54, 1.807) is 12.5 Å². The zero-order chi connectivity index (χ0) is 28.6. The fourth-order valence-electron chi connectivity index (χ4n) is 5.41. The Morgan fingerprint density at radius 2 is 1.00 bits per heavy atom. The van der Waals surface area contributed by atoms with E-state index in [1.165, 1.54) is 0 Å². The lowest BCUT2D eigenvalue weighted by Crippen LogP contribution is -2.00. The average Bonchev–Trinajstić information content (AvgIpc) is 3.48. The van der Waals surface area contributed by atoms with Crippen LogP contribution in [0.3, 0.4) is 0 Å². The third-order valence-electron chi connectivity index (χ3n) is 7.49. The summed E-state index contributed by atoms with van der Waals surface area (Å²) >= 11 is 0. The van der Waals surface area contributed by atoms with Gasteiger partial charge in [-0.2, -0.15) is 0 Å². The van der Waals surface area contributed by atoms with Crippen LogP contribution in [0.1, 0.15) is 0 Å². The number of hydrogen-bond acceptors (Lipinski definition) is 6. The Morgan fingerprint density at radius 1 is 0.465 bits per heavy atom. The SMILES string of the molecule is c1ccc(-c2nc(-c3ccccc3)nc(-c3cccc(-c4cccc(-c5cccc6c5oc5cncnc56)c4)c3)n2)cc1. The summed E-state index contributed by atoms with van der Waals surface area (Å²) in [5.41, 5.74) is 9.29. The third-order valence-corrected chi connectivity index (χ3v) is 7.49. The number of benzene rings is 5. The molecule has 3 aromatic heterocycles. The molecule has 0 amide bonds. The molecule has 5 aromatic carbocycles. The molecule has 0 atom stereocenters. The van der Waals surface area contributed by atoms with E-state index in [9.17, 15) is 0 Å². The molecule has 0 aliphatic carbocycles. The predicted octanol–water partition coefficient (Wildman–Crippen LogP) is 8.90. The number of fused-ring (bicyclic) bond motifs is 3. The van der Waals surface area contributed by atoms with Crippen LogP contribution in [-0.4, -0.2) is 24.9 Å². The van der Waals surface area contributed by atoms with Crippen molar-refractivity contribution in [3.63, 3.8) is 0 Å². The van der Waals surface area contributed by atoms with Gasteiger partial charge in [0.05, 0.1) is 6.20 Å². The normalized spacial score (nSPS) is 11.3. The maximum Gasteiger partial charge on any atom is 0.172 e. The molecule has 0 saturated heterocycles. The minimum absolute atomic E-state index is 0.624. The van der Waals surface area contributed by atoms with E-state index >= 15 is 0 Å². The van der Waals surface area contributed by atoms with Crippen LogP contribution in [0, 0.1) is 0 Å². The lowest BCUT2D eigenvalue weighted by molar-refractivity contribution is 0.666. The molecule has 8 aromatic rings. The summed E-state index contributed by atoms with van der Waals surface area (Å²) in [5.74, 6) is 1.90. The molecule has 6 nitrogen and oxygen atoms in total. The standard InChI is InChI=1S/C37H23N5O/c1-3-10-24(11-4-1)35-40-36(25-12-5-2-6-13-25)42-37(41-35)29-17-8-15-27(21-29)26-14-7-16-28(20-26)30-18-9-19-31-33-32(43-34(30)31)22-38-23-39-33/h1-23H. The molecule has 43 heavy (non-hydrogen) atoms. The zero-order valence-corrected chi connectivity index (χ0v) is 22.9. The van der Waals surface area contributed by atoms with Crippen molar-refractivity contribution in [2.24, 2.45) is 0 Å². The summed E-state index contributed by atoms with van der Waals surface area (Å²) in [6.45, 7) is 0. The van der Waals surface area contributed by atoms with E-state index in [0.717, 1.165) is 55.4 Å². The van der Waals surface area contributed by atoms with Crippen molar-refractivity contribution in [1.82, 2.24) is 24.9 Å². The van der Waals surface area contributed by atoms with Gasteiger partial charge in [-0.05, 0) is 34.9 Å². The van der Waals surface area contributed by atoms with E-state index in [2.05, 4.69) is 52.4 Å². The molecular weight excluding hydrogens is 530 g/mol. The first-order chi connectivity index (χ1) is 21.3. The number of furan rings is 1. The van der Waals surface area contributed by atoms with Crippen molar-refractivity contribution in [3.8, 4) is 56.4 Å². The highest BCUT2D eigenvalue weighted by molar-refractivity contribution is 6.07. The van der Waals surface area contributed by atoms with Crippen molar-refractivity contribution in [3.05, 3.63) is 140 Å². The summed E-state index contributed by atoms with van der Waals surface area (Å²) < 4.78 is 6.21. The maximum absolute atomic E-state index is 6.21. The zero-order valence-electron chi connectivity index (χ0n) is 22.9. The van der Waals surface area contributed by atoms with Gasteiger partial charge in [0.25, 0.3) is 0 Å². The van der Waals surface area contributed by atoms with Gasteiger partial charge in [0.2, 0.25) is 0 Å². The Bertz CT molecular complexity index is 2190. The first kappa shape index (κ1) is 24.8. The molecule has 0 aliphatic heterocycles.